The Morgan fingerprint density at radius 1 is 0.938 bits per heavy atom. The molecule has 2 saturated carbocycles. The van der Waals surface area contributed by atoms with Crippen LogP contribution in [0.3, 0.4) is 0 Å². The highest BCUT2D eigenvalue weighted by molar-refractivity contribution is 4.85. The second-order valence-corrected chi connectivity index (χ2v) is 6.26. The van der Waals surface area contributed by atoms with Gasteiger partial charge in [0.25, 0.3) is 0 Å². The topological polar surface area (TPSA) is 52.0 Å². The van der Waals surface area contributed by atoms with E-state index in [9.17, 15) is 0 Å². The van der Waals surface area contributed by atoms with Crippen LogP contribution in [-0.4, -0.2) is 12.1 Å². The first-order valence-electron chi connectivity index (χ1n) is 7.18. The summed E-state index contributed by atoms with van der Waals surface area (Å²) in [6.07, 6.45) is 10.7. The fourth-order valence-corrected chi connectivity index (χ4v) is 3.70. The van der Waals surface area contributed by atoms with Crippen LogP contribution in [0.15, 0.2) is 0 Å². The molecule has 0 spiro atoms. The molecule has 5 atom stereocenters. The van der Waals surface area contributed by atoms with Gasteiger partial charge in [0.2, 0.25) is 0 Å². The summed E-state index contributed by atoms with van der Waals surface area (Å²) in [6, 6.07) is 0.941. The van der Waals surface area contributed by atoms with E-state index < -0.39 is 0 Å². The molecule has 0 aliphatic heterocycles. The number of nitrogens with two attached hydrogens (primary N) is 2. The Balaban J connectivity index is 1.80. The second-order valence-electron chi connectivity index (χ2n) is 6.26. The predicted octanol–water partition coefficient (Wildman–Crippen LogP) is 2.66. The number of hydrogen-bond donors (Lipinski definition) is 2. The molecule has 0 heterocycles. The Labute approximate surface area is 100 Å². The van der Waals surface area contributed by atoms with E-state index in [2.05, 4.69) is 6.92 Å². The first kappa shape index (κ1) is 12.4. The molecule has 2 aliphatic carbocycles. The summed E-state index contributed by atoms with van der Waals surface area (Å²) in [5, 5.41) is 0. The predicted molar refractivity (Wildman–Crippen MR) is 69.0 cm³/mol. The largest absolute Gasteiger partial charge is 0.327 e. The van der Waals surface area contributed by atoms with E-state index in [4.69, 9.17) is 11.5 Å². The van der Waals surface area contributed by atoms with Gasteiger partial charge in [0.1, 0.15) is 0 Å². The van der Waals surface area contributed by atoms with Crippen molar-refractivity contribution in [1.82, 2.24) is 0 Å². The maximum Gasteiger partial charge on any atom is 0.00672 e. The molecule has 2 aliphatic rings. The Morgan fingerprint density at radius 2 is 1.69 bits per heavy atom. The fourth-order valence-electron chi connectivity index (χ4n) is 3.70. The average molecular weight is 224 g/mol. The van der Waals surface area contributed by atoms with Crippen molar-refractivity contribution in [3.8, 4) is 0 Å². The van der Waals surface area contributed by atoms with Gasteiger partial charge in [0.15, 0.2) is 0 Å². The minimum absolute atomic E-state index is 0.455. The first-order valence-corrected chi connectivity index (χ1v) is 7.18. The van der Waals surface area contributed by atoms with Crippen molar-refractivity contribution < 1.29 is 0 Å². The molecule has 2 heteroatoms. The van der Waals surface area contributed by atoms with Crippen LogP contribution in [0.25, 0.3) is 0 Å². The minimum atomic E-state index is 0.455. The summed E-state index contributed by atoms with van der Waals surface area (Å²) in [5.41, 5.74) is 12.3. The van der Waals surface area contributed by atoms with Crippen LogP contribution >= 0.6 is 0 Å². The van der Waals surface area contributed by atoms with Crippen molar-refractivity contribution in [2.75, 3.05) is 0 Å². The summed E-state index contributed by atoms with van der Waals surface area (Å²) in [5.74, 6) is 2.43. The number of hydrogen-bond acceptors (Lipinski definition) is 2. The molecule has 16 heavy (non-hydrogen) atoms. The Morgan fingerprint density at radius 3 is 2.38 bits per heavy atom. The zero-order valence-corrected chi connectivity index (χ0v) is 10.7. The zero-order valence-electron chi connectivity index (χ0n) is 10.7. The zero-order chi connectivity index (χ0) is 11.5. The van der Waals surface area contributed by atoms with Crippen LogP contribution in [0.2, 0.25) is 0 Å². The highest BCUT2D eigenvalue weighted by Crippen LogP contribution is 2.36. The van der Waals surface area contributed by atoms with Crippen molar-refractivity contribution in [1.29, 1.82) is 0 Å². The smallest absolute Gasteiger partial charge is 0.00672 e. The lowest BCUT2D eigenvalue weighted by Gasteiger charge is -2.36. The van der Waals surface area contributed by atoms with Crippen LogP contribution in [0.1, 0.15) is 58.3 Å². The van der Waals surface area contributed by atoms with E-state index in [0.717, 1.165) is 17.8 Å². The van der Waals surface area contributed by atoms with E-state index in [1.54, 1.807) is 0 Å². The molecule has 2 rings (SSSR count). The highest BCUT2D eigenvalue weighted by atomic mass is 14.7. The van der Waals surface area contributed by atoms with Crippen molar-refractivity contribution in [3.05, 3.63) is 0 Å². The van der Waals surface area contributed by atoms with Gasteiger partial charge < -0.3 is 11.5 Å². The molecule has 0 aromatic heterocycles. The fraction of sp³-hybridized carbons (Fsp3) is 1.00. The van der Waals surface area contributed by atoms with Crippen LogP contribution < -0.4 is 11.5 Å². The Bertz CT molecular complexity index is 217. The molecule has 0 saturated heterocycles. The lowest BCUT2D eigenvalue weighted by molar-refractivity contribution is 0.182. The lowest BCUT2D eigenvalue weighted by atomic mass is 9.72. The van der Waals surface area contributed by atoms with Crippen molar-refractivity contribution in [2.24, 2.45) is 29.2 Å². The van der Waals surface area contributed by atoms with Gasteiger partial charge in [-0.05, 0) is 56.3 Å². The molecule has 0 bridgehead atoms. The van der Waals surface area contributed by atoms with E-state index in [-0.39, 0.29) is 0 Å². The third kappa shape index (κ3) is 2.98. The summed E-state index contributed by atoms with van der Waals surface area (Å²) < 4.78 is 0. The molecule has 0 radical (unpaired) electrons. The van der Waals surface area contributed by atoms with Gasteiger partial charge in [-0.3, -0.25) is 0 Å². The molecule has 5 unspecified atom stereocenters. The van der Waals surface area contributed by atoms with Crippen molar-refractivity contribution in [3.63, 3.8) is 0 Å². The second kappa shape index (κ2) is 5.50. The maximum atomic E-state index is 6.23. The maximum absolute atomic E-state index is 6.23. The van der Waals surface area contributed by atoms with E-state index >= 15 is 0 Å². The van der Waals surface area contributed by atoms with Crippen LogP contribution in [-0.2, 0) is 0 Å². The van der Waals surface area contributed by atoms with E-state index in [0.29, 0.717) is 12.1 Å². The third-order valence-electron chi connectivity index (χ3n) is 4.95. The van der Waals surface area contributed by atoms with Gasteiger partial charge >= 0.3 is 0 Å². The summed E-state index contributed by atoms with van der Waals surface area (Å²) in [6.45, 7) is 2.32. The minimum Gasteiger partial charge on any atom is -0.327 e. The Hall–Kier alpha value is -0.0800. The highest BCUT2D eigenvalue weighted by Gasteiger charge is 2.29. The normalized spacial score (nSPS) is 45.6. The van der Waals surface area contributed by atoms with Gasteiger partial charge in [-0.25, -0.2) is 0 Å². The van der Waals surface area contributed by atoms with E-state index in [1.807, 2.05) is 0 Å². The summed E-state index contributed by atoms with van der Waals surface area (Å²) in [7, 11) is 0. The SMILES string of the molecule is CC1CC(CC2CCCCC2N)CCC1N. The van der Waals surface area contributed by atoms with Gasteiger partial charge in [-0.15, -0.1) is 0 Å². The van der Waals surface area contributed by atoms with Gasteiger partial charge in [-0.2, -0.15) is 0 Å². The molecule has 4 N–H and O–H groups in total. The first-order chi connectivity index (χ1) is 7.66. The lowest BCUT2D eigenvalue weighted by Crippen LogP contribution is -2.38. The molecule has 2 fully saturated rings. The monoisotopic (exact) mass is 224 g/mol. The van der Waals surface area contributed by atoms with Crippen LogP contribution in [0, 0.1) is 17.8 Å². The average Bonchev–Trinajstić information content (AvgIpc) is 2.27. The third-order valence-corrected chi connectivity index (χ3v) is 4.95. The van der Waals surface area contributed by atoms with Crippen molar-refractivity contribution in [2.45, 2.75) is 70.4 Å². The van der Waals surface area contributed by atoms with Crippen LogP contribution in [0.5, 0.6) is 0 Å². The van der Waals surface area contributed by atoms with Gasteiger partial charge in [-0.1, -0.05) is 19.8 Å². The Kier molecular flexibility index (Phi) is 4.26. The summed E-state index contributed by atoms with van der Waals surface area (Å²) in [4.78, 5) is 0. The summed E-state index contributed by atoms with van der Waals surface area (Å²) >= 11 is 0. The number of rotatable bonds is 2. The molecule has 0 aromatic rings. The molecule has 2 nitrogen and oxygen atoms in total. The molecule has 0 aromatic carbocycles. The molecule has 94 valence electrons. The van der Waals surface area contributed by atoms with Crippen molar-refractivity contribution >= 4 is 0 Å². The standard InChI is InChI=1S/C14H28N2/c1-10-8-11(6-7-13(10)15)9-12-4-2-3-5-14(12)16/h10-14H,2-9,15-16H2,1H3. The molecule has 0 amide bonds. The molecular weight excluding hydrogens is 196 g/mol. The molecular formula is C14H28N2. The quantitative estimate of drug-likeness (QED) is 0.757. The van der Waals surface area contributed by atoms with Gasteiger partial charge in [0, 0.05) is 12.1 Å². The van der Waals surface area contributed by atoms with Gasteiger partial charge in [0.05, 0.1) is 0 Å². The van der Waals surface area contributed by atoms with E-state index in [1.165, 1.54) is 51.4 Å². The van der Waals surface area contributed by atoms with Crippen LogP contribution in [0.4, 0.5) is 0 Å².